The number of fused-ring (bicyclic) bond motifs is 1. The van der Waals surface area contributed by atoms with E-state index in [9.17, 15) is 22.7 Å². The van der Waals surface area contributed by atoms with Gasteiger partial charge in [-0.25, -0.2) is 19.5 Å². The first-order chi connectivity index (χ1) is 18.6. The van der Waals surface area contributed by atoms with Gasteiger partial charge in [-0.05, 0) is 18.6 Å². The lowest BCUT2D eigenvalue weighted by Crippen LogP contribution is -2.30. The first-order valence-corrected chi connectivity index (χ1v) is 14.7. The van der Waals surface area contributed by atoms with Crippen molar-refractivity contribution in [2.24, 2.45) is 17.0 Å². The van der Waals surface area contributed by atoms with Crippen molar-refractivity contribution in [3.8, 4) is 0 Å². The molecule has 0 radical (unpaired) electrons. The number of aromatic nitrogens is 3. The topological polar surface area (TPSA) is 149 Å². The van der Waals surface area contributed by atoms with Gasteiger partial charge in [-0.2, -0.15) is 8.42 Å². The fourth-order valence-corrected chi connectivity index (χ4v) is 6.63. The number of hydrogen-bond acceptors (Lipinski definition) is 9. The molecule has 39 heavy (non-hydrogen) atoms. The van der Waals surface area contributed by atoms with Crippen molar-refractivity contribution in [2.75, 3.05) is 18.5 Å². The summed E-state index contributed by atoms with van der Waals surface area (Å²) in [5.41, 5.74) is 0.628. The van der Waals surface area contributed by atoms with Crippen molar-refractivity contribution >= 4 is 54.9 Å². The molecule has 0 amide bonds. The molecule has 5 rings (SSSR count). The summed E-state index contributed by atoms with van der Waals surface area (Å²) in [5.74, 6) is -1.51. The number of aliphatic hydroxyl groups is 1. The number of nitrogens with one attached hydrogen (secondary N) is 1. The molecule has 4 N–H and O–H groups in total. The third kappa shape index (κ3) is 6.13. The highest BCUT2D eigenvalue weighted by Crippen LogP contribution is 2.36. The van der Waals surface area contributed by atoms with Crippen LogP contribution >= 0.6 is 22.9 Å². The van der Waals surface area contributed by atoms with E-state index in [0.717, 1.165) is 15.0 Å². The van der Waals surface area contributed by atoms with Gasteiger partial charge in [0.2, 0.25) is 0 Å². The lowest BCUT2D eigenvalue weighted by atomic mass is 10.0. The molecule has 0 saturated heterocycles. The molecule has 1 saturated carbocycles. The average Bonchev–Trinajstić information content (AvgIpc) is 3.58. The summed E-state index contributed by atoms with van der Waals surface area (Å²) in [6.45, 7) is 0.130. The molecule has 0 bridgehead atoms. The molecule has 1 fully saturated rings. The number of hydrogen-bond donors (Lipinski definition) is 3. The summed E-state index contributed by atoms with van der Waals surface area (Å²) in [4.78, 5) is 22.4. The van der Waals surface area contributed by atoms with E-state index in [0.29, 0.717) is 17.1 Å². The fraction of sp³-hybridized carbons (Fsp3) is 0.320. The van der Waals surface area contributed by atoms with Crippen molar-refractivity contribution in [2.45, 2.75) is 25.2 Å². The van der Waals surface area contributed by atoms with E-state index < -0.39 is 41.0 Å². The Bertz CT molecular complexity index is 1610. The van der Waals surface area contributed by atoms with E-state index in [4.69, 9.17) is 16.7 Å². The van der Waals surface area contributed by atoms with Gasteiger partial charge in [-0.3, -0.25) is 8.98 Å². The van der Waals surface area contributed by atoms with Crippen LogP contribution in [0.25, 0.3) is 10.1 Å². The Hall–Kier alpha value is -2.94. The second kappa shape index (κ2) is 11.3. The summed E-state index contributed by atoms with van der Waals surface area (Å²) < 4.78 is 44.3. The predicted molar refractivity (Wildman–Crippen MR) is 146 cm³/mol. The van der Waals surface area contributed by atoms with Gasteiger partial charge in [0, 0.05) is 57.5 Å². The first kappa shape index (κ1) is 27.6. The number of anilines is 1. The number of alkyl halides is 1. The smallest absolute Gasteiger partial charge is 0.333 e. The zero-order valence-electron chi connectivity index (χ0n) is 20.4. The van der Waals surface area contributed by atoms with Crippen LogP contribution in [0.3, 0.4) is 0 Å². The van der Waals surface area contributed by atoms with Crippen molar-refractivity contribution in [3.05, 3.63) is 76.3 Å². The Kier molecular flexibility index (Phi) is 7.99. The van der Waals surface area contributed by atoms with Crippen molar-refractivity contribution in [1.82, 2.24) is 14.5 Å². The lowest BCUT2D eigenvalue weighted by molar-refractivity contribution is 0.0448. The number of carbonyl (C=O) groups is 1. The number of rotatable bonds is 10. The second-order valence-corrected chi connectivity index (χ2v) is 12.1. The van der Waals surface area contributed by atoms with E-state index >= 15 is 0 Å². The quantitative estimate of drug-likeness (QED) is 0.237. The summed E-state index contributed by atoms with van der Waals surface area (Å²) in [6, 6.07) is 9.58. The molecular formula is C25H25ClFN5O5S2. The van der Waals surface area contributed by atoms with Crippen molar-refractivity contribution < 1.29 is 26.9 Å². The maximum absolute atomic E-state index is 14.7. The van der Waals surface area contributed by atoms with Gasteiger partial charge in [0.25, 0.3) is 0 Å². The maximum Gasteiger partial charge on any atom is 0.333 e. The van der Waals surface area contributed by atoms with E-state index in [-0.39, 0.29) is 30.1 Å². The molecule has 3 aromatic heterocycles. The number of ketones is 1. The highest BCUT2D eigenvalue weighted by molar-refractivity contribution is 7.84. The molecule has 0 aliphatic heterocycles. The van der Waals surface area contributed by atoms with Crippen LogP contribution in [-0.4, -0.2) is 59.3 Å². The molecule has 4 atom stereocenters. The Morgan fingerprint density at radius 2 is 2.10 bits per heavy atom. The van der Waals surface area contributed by atoms with E-state index in [1.807, 2.05) is 28.8 Å². The zero-order valence-corrected chi connectivity index (χ0v) is 22.8. The van der Waals surface area contributed by atoms with Crippen molar-refractivity contribution in [1.29, 1.82) is 0 Å². The fourth-order valence-electron chi connectivity index (χ4n) is 4.77. The third-order valence-electron chi connectivity index (χ3n) is 6.74. The minimum atomic E-state index is -4.20. The Labute approximate surface area is 232 Å². The SMILES string of the molecule is NS(=O)(=O)OC[C@H]1C[C@@H](CNc2ncncc2C(=O)c2ccn(Cc3sc4ccccc4c3Cl)c2)[C@@H](F)[C@@H]1O. The molecule has 4 aromatic rings. The highest BCUT2D eigenvalue weighted by atomic mass is 35.5. The summed E-state index contributed by atoms with van der Waals surface area (Å²) in [5, 5.41) is 19.7. The van der Waals surface area contributed by atoms with Crippen LogP contribution in [0.5, 0.6) is 0 Å². The molecule has 1 aromatic carbocycles. The summed E-state index contributed by atoms with van der Waals surface area (Å²) >= 11 is 8.17. The third-order valence-corrected chi connectivity index (χ3v) is 8.90. The van der Waals surface area contributed by atoms with Crippen LogP contribution in [0, 0.1) is 11.8 Å². The Morgan fingerprint density at radius 3 is 2.87 bits per heavy atom. The minimum Gasteiger partial charge on any atom is -0.390 e. The molecule has 0 unspecified atom stereocenters. The lowest BCUT2D eigenvalue weighted by Gasteiger charge is -2.16. The number of benzene rings is 1. The monoisotopic (exact) mass is 593 g/mol. The van der Waals surface area contributed by atoms with Crippen LogP contribution in [0.2, 0.25) is 5.02 Å². The molecule has 3 heterocycles. The second-order valence-electron chi connectivity index (χ2n) is 9.37. The van der Waals surface area contributed by atoms with Crippen LogP contribution in [0.1, 0.15) is 27.2 Å². The number of carbonyl (C=O) groups excluding carboxylic acids is 1. The number of thiophene rings is 1. The van der Waals surface area contributed by atoms with Crippen LogP contribution < -0.4 is 10.5 Å². The average molecular weight is 594 g/mol. The molecule has 206 valence electrons. The predicted octanol–water partition coefficient (Wildman–Crippen LogP) is 3.39. The molecule has 1 aliphatic rings. The molecule has 0 spiro atoms. The standard InChI is InChI=1S/C25H25ClFN5O5S2/c26-21-17-3-1-2-4-19(17)38-20(21)11-32-6-5-14(10-32)23(33)18-9-29-13-31-25(18)30-8-15-7-16(24(34)22(15)27)12-37-39(28,35)36/h1-6,9-10,13,15-16,22,24,34H,7-8,11-12H2,(H2,28,35,36)(H,29,30,31)/t15-,16+,22+,24+/m0/s1. The van der Waals surface area contributed by atoms with Gasteiger partial charge >= 0.3 is 10.3 Å². The van der Waals surface area contributed by atoms with Crippen LogP contribution in [0.15, 0.2) is 55.2 Å². The largest absolute Gasteiger partial charge is 0.390 e. The zero-order chi connectivity index (χ0) is 27.7. The van der Waals surface area contributed by atoms with Gasteiger partial charge in [0.1, 0.15) is 18.3 Å². The Morgan fingerprint density at radius 1 is 1.31 bits per heavy atom. The number of nitrogens with two attached hydrogens (primary N) is 1. The molecule has 14 heteroatoms. The Balaban J connectivity index is 1.26. The van der Waals surface area contributed by atoms with E-state index in [1.54, 1.807) is 29.8 Å². The van der Waals surface area contributed by atoms with Crippen LogP contribution in [0.4, 0.5) is 10.2 Å². The van der Waals surface area contributed by atoms with Gasteiger partial charge in [-0.1, -0.05) is 29.8 Å². The number of aliphatic hydroxyl groups excluding tert-OH is 1. The molecule has 1 aliphatic carbocycles. The van der Waals surface area contributed by atoms with Gasteiger partial charge < -0.3 is 15.0 Å². The van der Waals surface area contributed by atoms with Gasteiger partial charge in [-0.15, -0.1) is 11.3 Å². The number of nitrogens with zero attached hydrogens (tertiary/aromatic N) is 3. The summed E-state index contributed by atoms with van der Waals surface area (Å²) in [6.07, 6.45) is 3.30. The van der Waals surface area contributed by atoms with Crippen LogP contribution in [-0.2, 0) is 21.0 Å². The van der Waals surface area contributed by atoms with E-state index in [2.05, 4.69) is 19.5 Å². The maximum atomic E-state index is 14.7. The van der Waals surface area contributed by atoms with Gasteiger partial charge in [0.15, 0.2) is 5.78 Å². The highest BCUT2D eigenvalue weighted by Gasteiger charge is 2.43. The molecule has 10 nitrogen and oxygen atoms in total. The molecular weight excluding hydrogens is 569 g/mol. The van der Waals surface area contributed by atoms with Gasteiger partial charge in [0.05, 0.1) is 29.8 Å². The van der Waals surface area contributed by atoms with E-state index in [1.165, 1.54) is 12.5 Å². The summed E-state index contributed by atoms with van der Waals surface area (Å²) in [7, 11) is -4.20. The van der Waals surface area contributed by atoms with Crippen molar-refractivity contribution in [3.63, 3.8) is 0 Å². The first-order valence-electron chi connectivity index (χ1n) is 12.0. The number of halogens is 2. The minimum absolute atomic E-state index is 0.0485. The normalized spacial score (nSPS) is 21.4.